The Morgan fingerprint density at radius 1 is 0.750 bits per heavy atom. The fourth-order valence-corrected chi connectivity index (χ4v) is 3.42. The Balaban J connectivity index is 2.08. The Morgan fingerprint density at radius 2 is 1.25 bits per heavy atom. The molecular formula is C16H15O3S-. The maximum Gasteiger partial charge on any atom is 0.124 e. The van der Waals surface area contributed by atoms with Gasteiger partial charge in [-0.15, -0.1) is 0 Å². The van der Waals surface area contributed by atoms with Gasteiger partial charge < -0.3 is 4.55 Å². The highest BCUT2D eigenvalue weighted by atomic mass is 32.2. The minimum Gasteiger partial charge on any atom is -0.744 e. The third-order valence-corrected chi connectivity index (χ3v) is 4.73. The predicted octanol–water partition coefficient (Wildman–Crippen LogP) is 2.47. The van der Waals surface area contributed by atoms with Crippen LogP contribution in [0, 0.1) is 0 Å². The van der Waals surface area contributed by atoms with E-state index in [0.717, 1.165) is 30.4 Å². The average Bonchev–Trinajstić information content (AvgIpc) is 2.40. The molecule has 0 aliphatic heterocycles. The number of benzene rings is 2. The molecule has 0 unspecified atom stereocenters. The van der Waals surface area contributed by atoms with Gasteiger partial charge >= 0.3 is 0 Å². The highest BCUT2D eigenvalue weighted by Crippen LogP contribution is 2.22. The Morgan fingerprint density at radius 3 is 1.85 bits per heavy atom. The van der Waals surface area contributed by atoms with Crippen molar-refractivity contribution >= 4 is 10.1 Å². The lowest BCUT2D eigenvalue weighted by Gasteiger charge is -2.16. The third-order valence-electron chi connectivity index (χ3n) is 3.81. The molecule has 104 valence electrons. The molecule has 0 amide bonds. The SMILES string of the molecule is O=S(=O)([O-])c1cc2ccc1CCc1ccc(cc1)CC2. The number of hydrogen-bond donors (Lipinski definition) is 0. The Bertz CT molecular complexity index is 731. The van der Waals surface area contributed by atoms with E-state index in [0.29, 0.717) is 12.0 Å². The Kier molecular flexibility index (Phi) is 3.36. The lowest BCUT2D eigenvalue weighted by Crippen LogP contribution is -2.07. The van der Waals surface area contributed by atoms with E-state index in [1.165, 1.54) is 5.56 Å². The standard InChI is InChI=1S/C16H16O3S/c17-20(18,19)16-11-14-6-5-12-1-3-13(4-2-12)7-9-15(16)10-8-14/h1-4,8,10-11H,5-7,9H2,(H,17,18,19)/p-1. The molecule has 3 nitrogen and oxygen atoms in total. The Hall–Kier alpha value is -1.65. The van der Waals surface area contributed by atoms with Gasteiger partial charge in [-0.2, -0.15) is 0 Å². The topological polar surface area (TPSA) is 57.2 Å². The molecule has 0 heterocycles. The van der Waals surface area contributed by atoms with Crippen molar-refractivity contribution in [2.45, 2.75) is 30.6 Å². The second-order valence-electron chi connectivity index (χ2n) is 5.21. The molecule has 0 atom stereocenters. The zero-order valence-electron chi connectivity index (χ0n) is 11.0. The molecule has 0 saturated heterocycles. The van der Waals surface area contributed by atoms with Crippen LogP contribution in [-0.2, 0) is 35.8 Å². The highest BCUT2D eigenvalue weighted by molar-refractivity contribution is 7.85. The summed E-state index contributed by atoms with van der Waals surface area (Å²) in [4.78, 5) is -0.0509. The van der Waals surface area contributed by atoms with Gasteiger partial charge in [-0.05, 0) is 54.0 Å². The fraction of sp³-hybridized carbons (Fsp3) is 0.250. The van der Waals surface area contributed by atoms with E-state index in [2.05, 4.69) is 24.3 Å². The van der Waals surface area contributed by atoms with E-state index in [-0.39, 0.29) is 4.90 Å². The van der Waals surface area contributed by atoms with Crippen LogP contribution in [0.5, 0.6) is 0 Å². The molecule has 0 radical (unpaired) electrons. The van der Waals surface area contributed by atoms with E-state index in [1.807, 2.05) is 6.07 Å². The van der Waals surface area contributed by atoms with Crippen LogP contribution >= 0.6 is 0 Å². The van der Waals surface area contributed by atoms with Crippen LogP contribution in [0.2, 0.25) is 0 Å². The van der Waals surface area contributed by atoms with E-state index in [4.69, 9.17) is 0 Å². The maximum absolute atomic E-state index is 11.4. The van der Waals surface area contributed by atoms with Gasteiger partial charge in [0, 0.05) is 0 Å². The number of aryl methyl sites for hydroxylation is 4. The average molecular weight is 287 g/mol. The first-order valence-corrected chi connectivity index (χ1v) is 8.09. The van der Waals surface area contributed by atoms with Gasteiger partial charge in [0.05, 0.1) is 4.90 Å². The molecule has 4 bridgehead atoms. The summed E-state index contributed by atoms with van der Waals surface area (Å²) < 4.78 is 34.3. The van der Waals surface area contributed by atoms with Crippen LogP contribution in [-0.4, -0.2) is 13.0 Å². The van der Waals surface area contributed by atoms with Gasteiger partial charge in [0.1, 0.15) is 10.1 Å². The van der Waals surface area contributed by atoms with Gasteiger partial charge in [0.15, 0.2) is 0 Å². The lowest BCUT2D eigenvalue weighted by atomic mass is 9.97. The highest BCUT2D eigenvalue weighted by Gasteiger charge is 2.11. The molecule has 0 N–H and O–H groups in total. The van der Waals surface area contributed by atoms with Crippen LogP contribution in [0.1, 0.15) is 22.3 Å². The van der Waals surface area contributed by atoms with Crippen molar-refractivity contribution in [1.29, 1.82) is 0 Å². The summed E-state index contributed by atoms with van der Waals surface area (Å²) in [5, 5.41) is 0. The summed E-state index contributed by atoms with van der Waals surface area (Å²) in [5.74, 6) is 0. The van der Waals surface area contributed by atoms with Crippen molar-refractivity contribution in [2.24, 2.45) is 0 Å². The minimum atomic E-state index is -4.41. The fourth-order valence-electron chi connectivity index (χ4n) is 2.63. The monoisotopic (exact) mass is 287 g/mol. The summed E-state index contributed by atoms with van der Waals surface area (Å²) in [6.45, 7) is 0. The molecule has 4 aliphatic carbocycles. The van der Waals surface area contributed by atoms with Gasteiger partial charge in [-0.3, -0.25) is 0 Å². The Labute approximate surface area is 119 Å². The van der Waals surface area contributed by atoms with E-state index in [1.54, 1.807) is 12.1 Å². The van der Waals surface area contributed by atoms with Gasteiger partial charge in [-0.25, -0.2) is 8.42 Å². The normalized spacial score (nSPS) is 14.8. The summed E-state index contributed by atoms with van der Waals surface area (Å²) in [5.41, 5.74) is 3.90. The first-order valence-electron chi connectivity index (χ1n) is 6.68. The van der Waals surface area contributed by atoms with Crippen LogP contribution in [0.15, 0.2) is 47.4 Å². The quantitative estimate of drug-likeness (QED) is 0.757. The van der Waals surface area contributed by atoms with Gasteiger partial charge in [0.2, 0.25) is 0 Å². The minimum absolute atomic E-state index is 0.0509. The van der Waals surface area contributed by atoms with Gasteiger partial charge in [-0.1, -0.05) is 36.4 Å². The first-order chi connectivity index (χ1) is 9.52. The van der Waals surface area contributed by atoms with Crippen LogP contribution in [0.25, 0.3) is 0 Å². The zero-order chi connectivity index (χ0) is 14.2. The summed E-state index contributed by atoms with van der Waals surface area (Å²) >= 11 is 0. The van der Waals surface area contributed by atoms with Gasteiger partial charge in [0.25, 0.3) is 0 Å². The van der Waals surface area contributed by atoms with E-state index in [9.17, 15) is 13.0 Å². The lowest BCUT2D eigenvalue weighted by molar-refractivity contribution is 0.462. The second kappa shape index (κ2) is 5.04. The van der Waals surface area contributed by atoms with Crippen molar-refractivity contribution in [1.82, 2.24) is 0 Å². The molecule has 0 fully saturated rings. The van der Waals surface area contributed by atoms with Crippen LogP contribution < -0.4 is 0 Å². The smallest absolute Gasteiger partial charge is 0.124 e. The first kappa shape index (κ1) is 13.3. The molecule has 6 rings (SSSR count). The van der Waals surface area contributed by atoms with E-state index >= 15 is 0 Å². The molecule has 4 aliphatic rings. The maximum atomic E-state index is 11.4. The molecule has 2 aromatic carbocycles. The van der Waals surface area contributed by atoms with Crippen molar-refractivity contribution < 1.29 is 13.0 Å². The van der Waals surface area contributed by atoms with Crippen molar-refractivity contribution in [2.75, 3.05) is 0 Å². The summed E-state index contributed by atoms with van der Waals surface area (Å²) in [6.07, 6.45) is 2.89. The van der Waals surface area contributed by atoms with E-state index < -0.39 is 10.1 Å². The molecule has 20 heavy (non-hydrogen) atoms. The number of hydrogen-bond acceptors (Lipinski definition) is 3. The largest absolute Gasteiger partial charge is 0.744 e. The van der Waals surface area contributed by atoms with Crippen LogP contribution in [0.3, 0.4) is 0 Å². The van der Waals surface area contributed by atoms with Crippen LogP contribution in [0.4, 0.5) is 0 Å². The second-order valence-corrected chi connectivity index (χ2v) is 6.56. The van der Waals surface area contributed by atoms with Crippen molar-refractivity contribution in [3.63, 3.8) is 0 Å². The molecule has 4 heteroatoms. The summed E-state index contributed by atoms with van der Waals surface area (Å²) in [7, 11) is -4.41. The molecule has 0 aromatic heterocycles. The molecule has 0 spiro atoms. The molecule has 2 aromatic rings. The summed E-state index contributed by atoms with van der Waals surface area (Å²) in [6, 6.07) is 13.7. The molecular weight excluding hydrogens is 272 g/mol. The third kappa shape index (κ3) is 2.76. The predicted molar refractivity (Wildman–Crippen MR) is 75.7 cm³/mol. The van der Waals surface area contributed by atoms with Crippen molar-refractivity contribution in [3.8, 4) is 0 Å². The number of rotatable bonds is 1. The van der Waals surface area contributed by atoms with Crippen molar-refractivity contribution in [3.05, 3.63) is 64.7 Å². The molecule has 0 saturated carbocycles. The zero-order valence-corrected chi connectivity index (χ0v) is 11.8.